The topological polar surface area (TPSA) is 107 Å². The maximum absolute atomic E-state index is 12.8. The molecule has 1 aliphatic carbocycles. The van der Waals surface area contributed by atoms with E-state index in [0.717, 1.165) is 12.8 Å². The van der Waals surface area contributed by atoms with Gasteiger partial charge in [-0.3, -0.25) is 19.2 Å². The number of likely N-dealkylation sites (tertiary alicyclic amines) is 1. The second kappa shape index (κ2) is 6.92. The average molecular weight is 437 g/mol. The van der Waals surface area contributed by atoms with Crippen LogP contribution in [-0.2, 0) is 0 Å². The Bertz CT molecular complexity index is 1250. The van der Waals surface area contributed by atoms with E-state index in [0.29, 0.717) is 41.3 Å². The minimum Gasteiger partial charge on any atom is -0.378 e. The number of fused-ring (bicyclic) bond motifs is 3. The zero-order valence-electron chi connectivity index (χ0n) is 16.6. The molecule has 0 amide bonds. The molecule has 166 valence electrons. The van der Waals surface area contributed by atoms with Gasteiger partial charge in [-0.15, -0.1) is 0 Å². The minimum atomic E-state index is -4.61. The highest BCUT2D eigenvalue weighted by atomic mass is 19.4. The number of nitrogens with zero attached hydrogens (tertiary/aromatic N) is 3. The van der Waals surface area contributed by atoms with Crippen molar-refractivity contribution in [2.75, 3.05) is 19.6 Å². The number of pyridine rings is 1. The van der Waals surface area contributed by atoms with Gasteiger partial charge >= 0.3 is 11.9 Å². The van der Waals surface area contributed by atoms with Crippen LogP contribution in [0.5, 0.6) is 0 Å². The molecule has 4 heterocycles. The van der Waals surface area contributed by atoms with E-state index < -0.39 is 23.0 Å². The molecular weight excluding hydrogens is 415 g/mol. The molecule has 3 aromatic heterocycles. The first-order valence-corrected chi connectivity index (χ1v) is 10.3. The highest BCUT2D eigenvalue weighted by Crippen LogP contribution is 2.40. The normalized spacial score (nSPS) is 24.5. The summed E-state index contributed by atoms with van der Waals surface area (Å²) in [6.07, 6.45) is 1.42. The maximum atomic E-state index is 12.8. The number of nitrogens with one attached hydrogen (secondary N) is 2. The fraction of sp³-hybridized carbons (Fsp3) is 0.550. The SMILES string of the molecule is O=c1[nH]c(=O)n([C@H]2CC[C@H](CN3CC(O)(C(F)(F)F)C3)CC2)c2c1cnc1[nH]ccc12. The Balaban J connectivity index is 1.34. The van der Waals surface area contributed by atoms with Crippen LogP contribution >= 0.6 is 0 Å². The summed E-state index contributed by atoms with van der Waals surface area (Å²) in [6, 6.07) is 1.67. The number of rotatable bonds is 3. The second-order valence-corrected chi connectivity index (χ2v) is 8.76. The van der Waals surface area contributed by atoms with Crippen LogP contribution in [-0.4, -0.2) is 60.9 Å². The molecule has 0 aromatic carbocycles. The lowest BCUT2D eigenvalue weighted by Gasteiger charge is -2.48. The summed E-state index contributed by atoms with van der Waals surface area (Å²) in [6.45, 7) is -0.282. The summed E-state index contributed by atoms with van der Waals surface area (Å²) in [5.74, 6) is 0.202. The largest absolute Gasteiger partial charge is 0.419 e. The van der Waals surface area contributed by atoms with Gasteiger partial charge in [-0.25, -0.2) is 9.78 Å². The van der Waals surface area contributed by atoms with Crippen LogP contribution < -0.4 is 11.2 Å². The number of halogens is 3. The monoisotopic (exact) mass is 437 g/mol. The number of β-amino-alcohol motifs (C(OH)–C–C–N with tert-alkyl or cyclic N) is 1. The number of aromatic nitrogens is 4. The van der Waals surface area contributed by atoms with Gasteiger partial charge < -0.3 is 10.1 Å². The highest BCUT2D eigenvalue weighted by molar-refractivity contribution is 6.01. The molecular formula is C20H22F3N5O3. The molecule has 3 N–H and O–H groups in total. The van der Waals surface area contributed by atoms with Gasteiger partial charge in [-0.1, -0.05) is 0 Å². The van der Waals surface area contributed by atoms with E-state index in [1.54, 1.807) is 21.7 Å². The van der Waals surface area contributed by atoms with Crippen LogP contribution in [0, 0.1) is 5.92 Å². The van der Waals surface area contributed by atoms with Crippen molar-refractivity contribution < 1.29 is 18.3 Å². The van der Waals surface area contributed by atoms with Crippen LogP contribution in [0.3, 0.4) is 0 Å². The van der Waals surface area contributed by atoms with Gasteiger partial charge in [0.1, 0.15) is 5.65 Å². The number of H-pyrrole nitrogens is 2. The van der Waals surface area contributed by atoms with Crippen molar-refractivity contribution in [2.24, 2.45) is 5.92 Å². The highest BCUT2D eigenvalue weighted by Gasteiger charge is 2.60. The lowest BCUT2D eigenvalue weighted by Crippen LogP contribution is -2.69. The first kappa shape index (κ1) is 20.3. The van der Waals surface area contributed by atoms with Gasteiger partial charge in [0.25, 0.3) is 5.56 Å². The van der Waals surface area contributed by atoms with Crippen LogP contribution in [0.2, 0.25) is 0 Å². The molecule has 11 heteroatoms. The van der Waals surface area contributed by atoms with Gasteiger partial charge in [0.2, 0.25) is 0 Å². The second-order valence-electron chi connectivity index (χ2n) is 8.76. The van der Waals surface area contributed by atoms with E-state index in [1.165, 1.54) is 6.20 Å². The standard InChI is InChI=1S/C20H22F3N5O3/c21-20(22,23)19(31)9-27(10-19)8-11-1-3-12(4-2-11)28-15-13-5-6-24-16(13)25-7-14(15)17(29)26-18(28)30/h5-7,11-12,31H,1-4,8-10H2,(H,24,25)(H,26,29,30)/t11-,12-. The third kappa shape index (κ3) is 3.26. The van der Waals surface area contributed by atoms with Gasteiger partial charge in [0, 0.05) is 43.5 Å². The van der Waals surface area contributed by atoms with Crippen LogP contribution in [0.4, 0.5) is 13.2 Å². The zero-order chi connectivity index (χ0) is 22.0. The summed E-state index contributed by atoms with van der Waals surface area (Å²) in [7, 11) is 0. The lowest BCUT2D eigenvalue weighted by atomic mass is 9.83. The fourth-order valence-electron chi connectivity index (χ4n) is 5.05. The van der Waals surface area contributed by atoms with Crippen LogP contribution in [0.15, 0.2) is 28.0 Å². The third-order valence-corrected chi connectivity index (χ3v) is 6.68. The van der Waals surface area contributed by atoms with Crippen molar-refractivity contribution in [1.82, 2.24) is 24.4 Å². The first-order valence-electron chi connectivity index (χ1n) is 10.3. The van der Waals surface area contributed by atoms with Gasteiger partial charge in [-0.2, -0.15) is 13.2 Å². The van der Waals surface area contributed by atoms with Crippen molar-refractivity contribution in [3.8, 4) is 0 Å². The number of aliphatic hydroxyl groups is 1. The molecule has 8 nitrogen and oxygen atoms in total. The Hall–Kier alpha value is -2.66. The van der Waals surface area contributed by atoms with E-state index in [1.807, 2.05) is 0 Å². The van der Waals surface area contributed by atoms with Crippen molar-refractivity contribution >= 4 is 21.9 Å². The van der Waals surface area contributed by atoms with Gasteiger partial charge in [0.05, 0.1) is 10.9 Å². The maximum Gasteiger partial charge on any atom is 0.419 e. The molecule has 0 atom stereocenters. The van der Waals surface area contributed by atoms with Crippen LogP contribution in [0.25, 0.3) is 21.9 Å². The third-order valence-electron chi connectivity index (χ3n) is 6.68. The Kier molecular flexibility index (Phi) is 4.52. The van der Waals surface area contributed by atoms with Gasteiger partial charge in [0.15, 0.2) is 5.60 Å². The zero-order valence-corrected chi connectivity index (χ0v) is 16.6. The molecule has 0 radical (unpaired) electrons. The molecule has 2 fully saturated rings. The fourth-order valence-corrected chi connectivity index (χ4v) is 5.05. The van der Waals surface area contributed by atoms with E-state index in [2.05, 4.69) is 15.0 Å². The van der Waals surface area contributed by atoms with Crippen molar-refractivity contribution in [3.05, 3.63) is 39.3 Å². The molecule has 1 saturated carbocycles. The smallest absolute Gasteiger partial charge is 0.378 e. The molecule has 1 saturated heterocycles. The molecule has 31 heavy (non-hydrogen) atoms. The van der Waals surface area contributed by atoms with E-state index in [9.17, 15) is 27.9 Å². The lowest BCUT2D eigenvalue weighted by molar-refractivity contribution is -0.302. The molecule has 0 spiro atoms. The average Bonchev–Trinajstić information content (AvgIpc) is 3.16. The predicted octanol–water partition coefficient (Wildman–Crippen LogP) is 1.91. The summed E-state index contributed by atoms with van der Waals surface area (Å²) < 4.78 is 40.1. The Morgan fingerprint density at radius 1 is 1.16 bits per heavy atom. The quantitative estimate of drug-likeness (QED) is 0.580. The number of aromatic amines is 2. The molecule has 3 aromatic rings. The Morgan fingerprint density at radius 2 is 1.87 bits per heavy atom. The van der Waals surface area contributed by atoms with Gasteiger partial charge in [-0.05, 0) is 37.7 Å². The number of hydrogen-bond donors (Lipinski definition) is 3. The summed E-state index contributed by atoms with van der Waals surface area (Å²) >= 11 is 0. The summed E-state index contributed by atoms with van der Waals surface area (Å²) in [5.41, 5.74) is -2.39. The molecule has 1 aliphatic heterocycles. The van der Waals surface area contributed by atoms with Crippen LogP contribution in [0.1, 0.15) is 31.7 Å². The molecule has 0 unspecified atom stereocenters. The Labute approximate surface area is 173 Å². The van der Waals surface area contributed by atoms with E-state index in [-0.39, 0.29) is 25.0 Å². The molecule has 0 bridgehead atoms. The predicted molar refractivity (Wildman–Crippen MR) is 107 cm³/mol. The van der Waals surface area contributed by atoms with E-state index in [4.69, 9.17) is 0 Å². The van der Waals surface area contributed by atoms with E-state index >= 15 is 0 Å². The molecule has 2 aliphatic rings. The summed E-state index contributed by atoms with van der Waals surface area (Å²) in [4.78, 5) is 36.3. The van der Waals surface area contributed by atoms with Crippen molar-refractivity contribution in [1.29, 1.82) is 0 Å². The summed E-state index contributed by atoms with van der Waals surface area (Å²) in [5, 5.41) is 10.7. The minimum absolute atomic E-state index is 0.118. The first-order chi connectivity index (χ1) is 14.7. The van der Waals surface area contributed by atoms with Crippen molar-refractivity contribution in [3.63, 3.8) is 0 Å². The molecule has 5 rings (SSSR count). The number of alkyl halides is 3. The van der Waals surface area contributed by atoms with Crippen molar-refractivity contribution in [2.45, 2.75) is 43.5 Å². The number of hydrogen-bond acceptors (Lipinski definition) is 5. The Morgan fingerprint density at radius 3 is 2.55 bits per heavy atom.